The predicted molar refractivity (Wildman–Crippen MR) is 130 cm³/mol. The van der Waals surface area contributed by atoms with E-state index in [-0.39, 0.29) is 27.1 Å². The third kappa shape index (κ3) is 6.34. The molecule has 0 aliphatic carbocycles. The lowest BCUT2D eigenvalue weighted by molar-refractivity contribution is 0.0954. The second kappa shape index (κ2) is 11.0. The minimum atomic E-state index is -3.82. The molecular formula is C24H24ClN3O4S. The van der Waals surface area contributed by atoms with E-state index in [9.17, 15) is 18.0 Å². The van der Waals surface area contributed by atoms with Crippen LogP contribution in [0.15, 0.2) is 77.7 Å². The number of carbonyl (C=O) groups is 2. The van der Waals surface area contributed by atoms with Gasteiger partial charge >= 0.3 is 0 Å². The van der Waals surface area contributed by atoms with Crippen molar-refractivity contribution in [3.8, 4) is 0 Å². The second-order valence-electron chi connectivity index (χ2n) is 7.22. The van der Waals surface area contributed by atoms with E-state index in [1.807, 2.05) is 6.92 Å². The predicted octanol–water partition coefficient (Wildman–Crippen LogP) is 4.92. The first-order chi connectivity index (χ1) is 15.8. The molecule has 0 atom stereocenters. The number of hydrogen-bond donors (Lipinski definition) is 3. The average Bonchev–Trinajstić information content (AvgIpc) is 2.81. The summed E-state index contributed by atoms with van der Waals surface area (Å²) in [5.74, 6) is -0.758. The Labute approximate surface area is 198 Å². The van der Waals surface area contributed by atoms with Crippen LogP contribution in [0.25, 0.3) is 0 Å². The molecule has 0 aromatic heterocycles. The lowest BCUT2D eigenvalue weighted by atomic mass is 10.1. The number of anilines is 2. The third-order valence-electron chi connectivity index (χ3n) is 4.76. The van der Waals surface area contributed by atoms with Gasteiger partial charge < -0.3 is 10.6 Å². The molecule has 2 amide bonds. The summed E-state index contributed by atoms with van der Waals surface area (Å²) in [5, 5.41) is 5.61. The average molecular weight is 486 g/mol. The summed E-state index contributed by atoms with van der Waals surface area (Å²) in [7, 11) is -3.82. The van der Waals surface area contributed by atoms with Gasteiger partial charge in [-0.3, -0.25) is 14.3 Å². The monoisotopic (exact) mass is 485 g/mol. The maximum atomic E-state index is 12.8. The van der Waals surface area contributed by atoms with Crippen LogP contribution in [0.4, 0.5) is 11.4 Å². The smallest absolute Gasteiger partial charge is 0.261 e. The van der Waals surface area contributed by atoms with Crippen molar-refractivity contribution in [2.45, 2.75) is 24.7 Å². The highest BCUT2D eigenvalue weighted by atomic mass is 35.5. The largest absolute Gasteiger partial charge is 0.352 e. The number of para-hydroxylation sites is 1. The van der Waals surface area contributed by atoms with E-state index in [0.29, 0.717) is 17.8 Å². The van der Waals surface area contributed by atoms with Gasteiger partial charge in [0.05, 0.1) is 26.9 Å². The van der Waals surface area contributed by atoms with Gasteiger partial charge in [-0.2, -0.15) is 0 Å². The first-order valence-electron chi connectivity index (χ1n) is 10.4. The molecule has 0 aliphatic heterocycles. The quantitative estimate of drug-likeness (QED) is 0.374. The van der Waals surface area contributed by atoms with E-state index in [1.54, 1.807) is 42.5 Å². The highest BCUT2D eigenvalue weighted by Gasteiger charge is 2.18. The Bertz CT molecular complexity index is 1250. The SMILES string of the molecule is CCCCNC(=O)c1ccccc1NC(=O)c1ccc(NS(=O)(=O)c2ccccc2)c(Cl)c1. The first kappa shape index (κ1) is 24.3. The van der Waals surface area contributed by atoms with Gasteiger partial charge in [0.2, 0.25) is 0 Å². The molecule has 9 heteroatoms. The molecule has 0 radical (unpaired) electrons. The number of unbranched alkanes of at least 4 members (excludes halogenated alkanes) is 1. The van der Waals surface area contributed by atoms with Crippen LogP contribution in [0.2, 0.25) is 5.02 Å². The Kier molecular flexibility index (Phi) is 8.08. The molecule has 3 aromatic carbocycles. The van der Waals surface area contributed by atoms with Gasteiger partial charge in [-0.25, -0.2) is 8.42 Å². The zero-order chi connectivity index (χ0) is 23.8. The number of carbonyl (C=O) groups excluding carboxylic acids is 2. The normalized spacial score (nSPS) is 11.0. The summed E-state index contributed by atoms with van der Waals surface area (Å²) >= 11 is 6.25. The molecule has 0 fully saturated rings. The van der Waals surface area contributed by atoms with Crippen LogP contribution in [0, 0.1) is 0 Å². The fraction of sp³-hybridized carbons (Fsp3) is 0.167. The maximum absolute atomic E-state index is 12.8. The summed E-state index contributed by atoms with van der Waals surface area (Å²) in [6, 6.07) is 18.8. The third-order valence-corrected chi connectivity index (χ3v) is 6.46. The summed E-state index contributed by atoms with van der Waals surface area (Å²) in [6.45, 7) is 2.58. The Morgan fingerprint density at radius 1 is 0.879 bits per heavy atom. The lowest BCUT2D eigenvalue weighted by Gasteiger charge is -2.13. The summed E-state index contributed by atoms with van der Waals surface area (Å²) in [5.41, 5.74) is 1.07. The van der Waals surface area contributed by atoms with E-state index in [0.717, 1.165) is 12.8 Å². The van der Waals surface area contributed by atoms with Crippen LogP contribution in [-0.4, -0.2) is 26.8 Å². The van der Waals surface area contributed by atoms with Crippen LogP contribution in [-0.2, 0) is 10.0 Å². The molecule has 3 rings (SSSR count). The number of halogens is 1. The van der Waals surface area contributed by atoms with E-state index >= 15 is 0 Å². The van der Waals surface area contributed by atoms with Crippen molar-refractivity contribution in [2.75, 3.05) is 16.6 Å². The summed E-state index contributed by atoms with van der Waals surface area (Å²) < 4.78 is 27.5. The number of amides is 2. The molecule has 0 saturated heterocycles. The van der Waals surface area contributed by atoms with Crippen LogP contribution < -0.4 is 15.4 Å². The van der Waals surface area contributed by atoms with Crippen LogP contribution in [0.3, 0.4) is 0 Å². The van der Waals surface area contributed by atoms with Crippen LogP contribution in [0.1, 0.15) is 40.5 Å². The highest BCUT2D eigenvalue weighted by Crippen LogP contribution is 2.26. The number of sulfonamides is 1. The Morgan fingerprint density at radius 3 is 2.27 bits per heavy atom. The zero-order valence-corrected chi connectivity index (χ0v) is 19.5. The molecule has 0 spiro atoms. The van der Waals surface area contributed by atoms with Crippen LogP contribution >= 0.6 is 11.6 Å². The van der Waals surface area contributed by atoms with Gasteiger partial charge in [-0.15, -0.1) is 0 Å². The Hall–Kier alpha value is -3.36. The molecule has 33 heavy (non-hydrogen) atoms. The van der Waals surface area contributed by atoms with Gasteiger partial charge in [0.1, 0.15) is 0 Å². The van der Waals surface area contributed by atoms with Gasteiger partial charge in [0.15, 0.2) is 0 Å². The molecule has 7 nitrogen and oxygen atoms in total. The van der Waals surface area contributed by atoms with E-state index in [4.69, 9.17) is 11.6 Å². The molecule has 172 valence electrons. The lowest BCUT2D eigenvalue weighted by Crippen LogP contribution is -2.26. The number of benzene rings is 3. The zero-order valence-electron chi connectivity index (χ0n) is 18.0. The van der Waals surface area contributed by atoms with Crippen molar-refractivity contribution < 1.29 is 18.0 Å². The first-order valence-corrected chi connectivity index (χ1v) is 12.2. The Morgan fingerprint density at radius 2 is 1.58 bits per heavy atom. The molecule has 0 saturated carbocycles. The molecule has 3 N–H and O–H groups in total. The fourth-order valence-corrected chi connectivity index (χ4v) is 4.39. The van der Waals surface area contributed by atoms with Crippen molar-refractivity contribution in [1.82, 2.24) is 5.32 Å². The molecule has 3 aromatic rings. The van der Waals surface area contributed by atoms with Gasteiger partial charge in [-0.1, -0.05) is 55.3 Å². The second-order valence-corrected chi connectivity index (χ2v) is 9.31. The molecule has 0 bridgehead atoms. The number of rotatable bonds is 9. The Balaban J connectivity index is 1.75. The van der Waals surface area contributed by atoms with Gasteiger partial charge in [0.25, 0.3) is 21.8 Å². The van der Waals surface area contributed by atoms with Crippen molar-refractivity contribution in [3.05, 3.63) is 88.9 Å². The number of nitrogens with one attached hydrogen (secondary N) is 3. The molecule has 0 aliphatic rings. The van der Waals surface area contributed by atoms with Gasteiger partial charge in [-0.05, 0) is 48.9 Å². The van der Waals surface area contributed by atoms with E-state index in [2.05, 4.69) is 15.4 Å². The van der Waals surface area contributed by atoms with Crippen molar-refractivity contribution in [1.29, 1.82) is 0 Å². The van der Waals surface area contributed by atoms with Crippen molar-refractivity contribution in [3.63, 3.8) is 0 Å². The molecule has 0 heterocycles. The minimum Gasteiger partial charge on any atom is -0.352 e. The summed E-state index contributed by atoms with van der Waals surface area (Å²) in [4.78, 5) is 25.3. The van der Waals surface area contributed by atoms with Crippen molar-refractivity contribution in [2.24, 2.45) is 0 Å². The van der Waals surface area contributed by atoms with Gasteiger partial charge in [0, 0.05) is 12.1 Å². The molecule has 0 unspecified atom stereocenters. The number of hydrogen-bond acceptors (Lipinski definition) is 4. The maximum Gasteiger partial charge on any atom is 0.261 e. The topological polar surface area (TPSA) is 104 Å². The summed E-state index contributed by atoms with van der Waals surface area (Å²) in [6.07, 6.45) is 1.82. The van der Waals surface area contributed by atoms with Crippen LogP contribution in [0.5, 0.6) is 0 Å². The van der Waals surface area contributed by atoms with E-state index < -0.39 is 15.9 Å². The minimum absolute atomic E-state index is 0.0627. The fourth-order valence-electron chi connectivity index (χ4n) is 3.00. The van der Waals surface area contributed by atoms with E-state index in [1.165, 1.54) is 30.3 Å². The van der Waals surface area contributed by atoms with Crippen molar-refractivity contribution >= 4 is 44.8 Å². The standard InChI is InChI=1S/C24H24ClN3O4S/c1-2-3-15-26-24(30)19-11-7-8-12-21(19)27-23(29)17-13-14-22(20(25)16-17)28-33(31,32)18-9-5-4-6-10-18/h4-14,16,28H,2-3,15H2,1H3,(H,26,30)(H,27,29). The highest BCUT2D eigenvalue weighted by molar-refractivity contribution is 7.92. The molecular weight excluding hydrogens is 462 g/mol.